The maximum absolute atomic E-state index is 12.7. The number of ether oxygens (including phenoxy) is 2. The molecule has 17 heteroatoms. The lowest BCUT2D eigenvalue weighted by Crippen LogP contribution is -2.39. The van der Waals surface area contributed by atoms with Crippen LogP contribution in [0.2, 0.25) is 5.02 Å². The zero-order valence-corrected chi connectivity index (χ0v) is 28.9. The normalized spacial score (nSPS) is 16.7. The number of likely N-dealkylation sites (N-methyl/N-ethyl adjacent to an activating group) is 1. The van der Waals surface area contributed by atoms with Crippen LogP contribution in [0, 0.1) is 0 Å². The van der Waals surface area contributed by atoms with Gasteiger partial charge in [0, 0.05) is 70.3 Å². The highest BCUT2D eigenvalue weighted by atomic mass is 35.5. The van der Waals surface area contributed by atoms with Crippen molar-refractivity contribution in [1.82, 2.24) is 39.9 Å². The van der Waals surface area contributed by atoms with Crippen molar-refractivity contribution in [2.75, 3.05) is 37.0 Å². The van der Waals surface area contributed by atoms with E-state index in [-0.39, 0.29) is 36.2 Å². The quantitative estimate of drug-likeness (QED) is 0.190. The molecule has 0 aliphatic carbocycles. The summed E-state index contributed by atoms with van der Waals surface area (Å²) in [5, 5.41) is 14.5. The smallest absolute Gasteiger partial charge is 0.294 e. The minimum atomic E-state index is -0.468. The number of nitrogens with one attached hydrogen (secondary N) is 3. The van der Waals surface area contributed by atoms with Gasteiger partial charge in [-0.2, -0.15) is 10.1 Å². The highest BCUT2D eigenvalue weighted by Crippen LogP contribution is 2.33. The van der Waals surface area contributed by atoms with Crippen LogP contribution in [0.5, 0.6) is 11.5 Å². The molecule has 1 aromatic carbocycles. The Morgan fingerprint density at radius 3 is 2.63 bits per heavy atom. The highest BCUT2D eigenvalue weighted by molar-refractivity contribution is 6.32. The van der Waals surface area contributed by atoms with Gasteiger partial charge in [0.2, 0.25) is 17.8 Å². The van der Waals surface area contributed by atoms with Crippen LogP contribution in [-0.4, -0.2) is 79.9 Å². The second kappa shape index (κ2) is 13.9. The summed E-state index contributed by atoms with van der Waals surface area (Å²) in [4.78, 5) is 64.2. The largest absolute Gasteiger partial charge is 0.490 e. The maximum Gasteiger partial charge on any atom is 0.294 e. The second-order valence-corrected chi connectivity index (χ2v) is 12.9. The minimum Gasteiger partial charge on any atom is -0.490 e. The lowest BCUT2D eigenvalue weighted by atomic mass is 9.93. The third-order valence-corrected chi connectivity index (χ3v) is 9.37. The molecule has 51 heavy (non-hydrogen) atoms. The number of aryl methyl sites for hydroxylation is 2. The van der Waals surface area contributed by atoms with Gasteiger partial charge in [0.15, 0.2) is 18.2 Å². The average Bonchev–Trinajstić information content (AvgIpc) is 3.45. The van der Waals surface area contributed by atoms with Crippen LogP contribution >= 0.6 is 11.6 Å². The summed E-state index contributed by atoms with van der Waals surface area (Å²) >= 11 is 6.49. The van der Waals surface area contributed by atoms with Crippen molar-refractivity contribution in [3.05, 3.63) is 63.8 Å². The van der Waals surface area contributed by atoms with Crippen LogP contribution in [0.1, 0.15) is 37.3 Å². The fraction of sp³-hybridized carbons (Fsp3) is 0.353. The molecule has 2 saturated heterocycles. The van der Waals surface area contributed by atoms with E-state index in [1.165, 1.54) is 11.6 Å². The predicted octanol–water partition coefficient (Wildman–Crippen LogP) is 2.70. The van der Waals surface area contributed by atoms with Gasteiger partial charge in [0.1, 0.15) is 22.5 Å². The van der Waals surface area contributed by atoms with Crippen LogP contribution in [-0.2, 0) is 28.5 Å². The van der Waals surface area contributed by atoms with Gasteiger partial charge in [-0.1, -0.05) is 11.6 Å². The van der Waals surface area contributed by atoms with E-state index >= 15 is 0 Å². The van der Waals surface area contributed by atoms with E-state index in [1.54, 1.807) is 36.3 Å². The molecule has 2 aliphatic rings. The van der Waals surface area contributed by atoms with E-state index < -0.39 is 11.5 Å². The molecule has 7 rings (SSSR count). The van der Waals surface area contributed by atoms with Crippen molar-refractivity contribution in [3.63, 3.8) is 0 Å². The van der Waals surface area contributed by atoms with Crippen molar-refractivity contribution in [3.8, 4) is 11.5 Å². The molecule has 3 N–H and O–H groups in total. The Kier molecular flexibility index (Phi) is 9.16. The third-order valence-electron chi connectivity index (χ3n) is 9.09. The van der Waals surface area contributed by atoms with Crippen molar-refractivity contribution >= 4 is 68.7 Å². The number of hydrogen-bond acceptors (Lipinski definition) is 12. The van der Waals surface area contributed by atoms with Gasteiger partial charge in [-0.05, 0) is 30.7 Å². The van der Waals surface area contributed by atoms with Crippen molar-refractivity contribution < 1.29 is 23.9 Å². The van der Waals surface area contributed by atoms with Gasteiger partial charge >= 0.3 is 0 Å². The SMILES string of the molecule is CNC(=O)COc1cc2cc(Nc3nc(N4CCC(Oc5ccc6c(C7CCC(=O)NC7=O)nn(C)c6c5)CC4)ncc3Cl)cnc2n(C)c1=O. The van der Waals surface area contributed by atoms with Crippen LogP contribution in [0.15, 0.2) is 47.5 Å². The number of hydrogen-bond donors (Lipinski definition) is 3. The number of fused-ring (bicyclic) bond motifs is 2. The first-order valence-electron chi connectivity index (χ1n) is 16.4. The van der Waals surface area contributed by atoms with Crippen molar-refractivity contribution in [2.45, 2.75) is 37.7 Å². The summed E-state index contributed by atoms with van der Waals surface area (Å²) in [6, 6.07) is 9.09. The molecule has 0 spiro atoms. The summed E-state index contributed by atoms with van der Waals surface area (Å²) in [5.41, 5.74) is 2.12. The maximum atomic E-state index is 12.7. The van der Waals surface area contributed by atoms with E-state index in [9.17, 15) is 19.2 Å². The van der Waals surface area contributed by atoms with E-state index in [4.69, 9.17) is 26.1 Å². The molecule has 16 nitrogen and oxygen atoms in total. The third kappa shape index (κ3) is 6.86. The van der Waals surface area contributed by atoms with Gasteiger partial charge in [0.05, 0.1) is 35.2 Å². The van der Waals surface area contributed by atoms with E-state index in [0.717, 1.165) is 23.7 Å². The van der Waals surface area contributed by atoms with E-state index in [2.05, 4.69) is 35.9 Å². The number of carbonyl (C=O) groups is 3. The standard InChI is InChI=1S/C34H35ClN10O6/c1-36-28(47)17-50-26-13-18-12-19(15-37-31(18)43(2)33(26)49)39-30-24(35)16-38-34(41-30)45-10-8-20(9-11-45)51-21-4-5-22-25(14-21)44(3)42-29(22)23-6-7-27(46)40-32(23)48/h4-5,12-16,20,23H,6-11,17H2,1-3H3,(H,36,47)(H,38,39,41)(H,40,46,48). The van der Waals surface area contributed by atoms with Gasteiger partial charge in [-0.3, -0.25) is 33.7 Å². The number of aromatic nitrogens is 6. The number of halogens is 1. The molecule has 264 valence electrons. The Labute approximate surface area is 296 Å². The summed E-state index contributed by atoms with van der Waals surface area (Å²) in [5.74, 6) is 0.247. The lowest BCUT2D eigenvalue weighted by molar-refractivity contribution is -0.134. The number of imide groups is 1. The average molecular weight is 715 g/mol. The Morgan fingerprint density at radius 1 is 1.06 bits per heavy atom. The molecule has 4 aromatic heterocycles. The van der Waals surface area contributed by atoms with Gasteiger partial charge in [0.25, 0.3) is 11.5 Å². The number of nitrogens with zero attached hydrogens (tertiary/aromatic N) is 7. The molecule has 5 aromatic rings. The zero-order chi connectivity index (χ0) is 35.8. The van der Waals surface area contributed by atoms with E-state index in [1.807, 2.05) is 25.2 Å². The van der Waals surface area contributed by atoms with Gasteiger partial charge in [-0.25, -0.2) is 9.97 Å². The molecule has 2 aliphatic heterocycles. The molecule has 3 amide bonds. The Balaban J connectivity index is 1.01. The molecule has 1 atom stereocenters. The Hall–Kier alpha value is -5.77. The van der Waals surface area contributed by atoms with E-state index in [0.29, 0.717) is 70.9 Å². The number of benzene rings is 1. The number of anilines is 3. The Morgan fingerprint density at radius 2 is 1.86 bits per heavy atom. The summed E-state index contributed by atoms with van der Waals surface area (Å²) < 4.78 is 14.9. The second-order valence-electron chi connectivity index (χ2n) is 12.5. The molecule has 1 unspecified atom stereocenters. The molecular weight excluding hydrogens is 680 g/mol. The fourth-order valence-corrected chi connectivity index (χ4v) is 6.50. The first-order valence-corrected chi connectivity index (χ1v) is 16.8. The monoisotopic (exact) mass is 714 g/mol. The zero-order valence-electron chi connectivity index (χ0n) is 28.1. The minimum absolute atomic E-state index is 0.0266. The number of pyridine rings is 2. The fourth-order valence-electron chi connectivity index (χ4n) is 6.36. The summed E-state index contributed by atoms with van der Waals surface area (Å²) in [6.45, 7) is 1.02. The van der Waals surface area contributed by atoms with Crippen LogP contribution in [0.25, 0.3) is 21.9 Å². The topological polar surface area (TPSA) is 187 Å². The Bertz CT molecular complexity index is 2250. The van der Waals surface area contributed by atoms with Crippen LogP contribution < -0.4 is 35.9 Å². The molecule has 0 bridgehead atoms. The molecule has 6 heterocycles. The number of rotatable bonds is 9. The molecule has 0 radical (unpaired) electrons. The lowest BCUT2D eigenvalue weighted by Gasteiger charge is -2.32. The van der Waals surface area contributed by atoms with Crippen molar-refractivity contribution in [1.29, 1.82) is 0 Å². The number of amides is 3. The van der Waals surface area contributed by atoms with Gasteiger partial charge in [-0.15, -0.1) is 0 Å². The summed E-state index contributed by atoms with van der Waals surface area (Å²) in [7, 11) is 4.90. The van der Waals surface area contributed by atoms with Gasteiger partial charge < -0.3 is 25.0 Å². The molecule has 2 fully saturated rings. The van der Waals surface area contributed by atoms with Crippen LogP contribution in [0.4, 0.5) is 17.5 Å². The van der Waals surface area contributed by atoms with Crippen LogP contribution in [0.3, 0.4) is 0 Å². The number of carbonyl (C=O) groups excluding carboxylic acids is 3. The first-order chi connectivity index (χ1) is 24.6. The highest BCUT2D eigenvalue weighted by Gasteiger charge is 2.32. The van der Waals surface area contributed by atoms with Crippen molar-refractivity contribution in [2.24, 2.45) is 14.1 Å². The first kappa shape index (κ1) is 33.7. The predicted molar refractivity (Wildman–Crippen MR) is 189 cm³/mol. The summed E-state index contributed by atoms with van der Waals surface area (Å²) in [6.07, 6.45) is 5.28. The molecular formula is C34H35ClN10O6. The molecule has 0 saturated carbocycles. The number of piperidine rings is 2.